The topological polar surface area (TPSA) is 75.9 Å². The highest BCUT2D eigenvalue weighted by molar-refractivity contribution is 5.94. The molecule has 1 unspecified atom stereocenters. The molecule has 3 aromatic rings. The number of benzene rings is 1. The van der Waals surface area contributed by atoms with Gasteiger partial charge in [-0.15, -0.1) is 0 Å². The molecule has 0 saturated carbocycles. The normalized spacial score (nSPS) is 12.1. The quantitative estimate of drug-likeness (QED) is 0.692. The molecule has 0 radical (unpaired) electrons. The molecule has 2 aromatic heterocycles. The SMILES string of the molecule is CC(CO)CNC(=O)c1ccc(OCc2cn3ccccc3n2)cc1. The summed E-state index contributed by atoms with van der Waals surface area (Å²) in [6.07, 6.45) is 3.87. The lowest BCUT2D eigenvalue weighted by atomic mass is 10.1. The molecule has 1 atom stereocenters. The summed E-state index contributed by atoms with van der Waals surface area (Å²) >= 11 is 0. The first-order chi connectivity index (χ1) is 12.2. The minimum Gasteiger partial charge on any atom is -0.487 e. The first-order valence-electron chi connectivity index (χ1n) is 8.20. The van der Waals surface area contributed by atoms with Crippen LogP contribution in [0.4, 0.5) is 0 Å². The van der Waals surface area contributed by atoms with Gasteiger partial charge in [-0.1, -0.05) is 13.0 Å². The molecule has 2 N–H and O–H groups in total. The number of carbonyl (C=O) groups excluding carboxylic acids is 1. The zero-order chi connectivity index (χ0) is 17.6. The van der Waals surface area contributed by atoms with Crippen molar-refractivity contribution in [3.8, 4) is 5.75 Å². The number of fused-ring (bicyclic) bond motifs is 1. The van der Waals surface area contributed by atoms with Crippen LogP contribution in [-0.4, -0.2) is 33.6 Å². The number of nitrogens with one attached hydrogen (secondary N) is 1. The van der Waals surface area contributed by atoms with E-state index in [1.165, 1.54) is 0 Å². The zero-order valence-corrected chi connectivity index (χ0v) is 14.1. The summed E-state index contributed by atoms with van der Waals surface area (Å²) in [5.41, 5.74) is 2.28. The Morgan fingerprint density at radius 3 is 2.80 bits per heavy atom. The van der Waals surface area contributed by atoms with Crippen LogP contribution in [0, 0.1) is 5.92 Å². The van der Waals surface area contributed by atoms with Crippen LogP contribution in [0.15, 0.2) is 54.9 Å². The van der Waals surface area contributed by atoms with E-state index in [-0.39, 0.29) is 18.4 Å². The molecule has 1 amide bonds. The molecule has 1 aromatic carbocycles. The second-order valence-corrected chi connectivity index (χ2v) is 6.01. The van der Waals surface area contributed by atoms with Crippen molar-refractivity contribution in [1.29, 1.82) is 0 Å². The van der Waals surface area contributed by atoms with Gasteiger partial charge < -0.3 is 19.6 Å². The van der Waals surface area contributed by atoms with Crippen LogP contribution >= 0.6 is 0 Å². The van der Waals surface area contributed by atoms with Crippen LogP contribution in [-0.2, 0) is 6.61 Å². The number of aliphatic hydroxyl groups excluding tert-OH is 1. The Kier molecular flexibility index (Phi) is 5.30. The van der Waals surface area contributed by atoms with E-state index in [1.54, 1.807) is 24.3 Å². The van der Waals surface area contributed by atoms with Crippen molar-refractivity contribution >= 4 is 11.6 Å². The van der Waals surface area contributed by atoms with E-state index in [4.69, 9.17) is 9.84 Å². The number of aliphatic hydroxyl groups is 1. The average Bonchev–Trinajstić information content (AvgIpc) is 3.07. The molecule has 25 heavy (non-hydrogen) atoms. The van der Waals surface area contributed by atoms with Crippen molar-refractivity contribution in [2.24, 2.45) is 5.92 Å². The smallest absolute Gasteiger partial charge is 0.251 e. The van der Waals surface area contributed by atoms with Crippen LogP contribution in [0.5, 0.6) is 5.75 Å². The van der Waals surface area contributed by atoms with Crippen LogP contribution in [0.3, 0.4) is 0 Å². The highest BCUT2D eigenvalue weighted by Crippen LogP contribution is 2.14. The van der Waals surface area contributed by atoms with Gasteiger partial charge >= 0.3 is 0 Å². The molecule has 0 aliphatic heterocycles. The molecule has 0 aliphatic rings. The number of hydrogen-bond acceptors (Lipinski definition) is 4. The summed E-state index contributed by atoms with van der Waals surface area (Å²) in [6.45, 7) is 2.73. The lowest BCUT2D eigenvalue weighted by Gasteiger charge is -2.10. The van der Waals surface area contributed by atoms with Crippen molar-refractivity contribution < 1.29 is 14.6 Å². The number of amides is 1. The molecular weight excluding hydrogens is 318 g/mol. The fourth-order valence-electron chi connectivity index (χ4n) is 2.35. The predicted octanol–water partition coefficient (Wildman–Crippen LogP) is 2.27. The lowest BCUT2D eigenvalue weighted by molar-refractivity contribution is 0.0942. The third kappa shape index (κ3) is 4.36. The number of aromatic nitrogens is 2. The molecule has 130 valence electrons. The number of ether oxygens (including phenoxy) is 1. The Morgan fingerprint density at radius 2 is 2.08 bits per heavy atom. The van der Waals surface area contributed by atoms with Gasteiger partial charge in [0.25, 0.3) is 5.91 Å². The highest BCUT2D eigenvalue weighted by Gasteiger charge is 2.08. The Bertz CT molecular complexity index is 810. The van der Waals surface area contributed by atoms with Gasteiger partial charge in [0.15, 0.2) is 0 Å². The van der Waals surface area contributed by atoms with Gasteiger partial charge in [0.2, 0.25) is 0 Å². The molecule has 0 spiro atoms. The van der Waals surface area contributed by atoms with E-state index < -0.39 is 0 Å². The Labute approximate surface area is 146 Å². The van der Waals surface area contributed by atoms with Crippen molar-refractivity contribution in [2.45, 2.75) is 13.5 Å². The largest absolute Gasteiger partial charge is 0.487 e. The maximum Gasteiger partial charge on any atom is 0.251 e. The van der Waals surface area contributed by atoms with Gasteiger partial charge in [-0.05, 0) is 42.3 Å². The van der Waals surface area contributed by atoms with Gasteiger partial charge in [-0.2, -0.15) is 0 Å². The number of pyridine rings is 1. The predicted molar refractivity (Wildman–Crippen MR) is 94.5 cm³/mol. The Morgan fingerprint density at radius 1 is 1.28 bits per heavy atom. The summed E-state index contributed by atoms with van der Waals surface area (Å²) < 4.78 is 7.68. The van der Waals surface area contributed by atoms with Crippen LogP contribution < -0.4 is 10.1 Å². The van der Waals surface area contributed by atoms with Crippen molar-refractivity contribution in [2.75, 3.05) is 13.2 Å². The molecule has 6 heteroatoms. The minimum absolute atomic E-state index is 0.0389. The Hall–Kier alpha value is -2.86. The molecule has 0 saturated heterocycles. The molecule has 0 bridgehead atoms. The summed E-state index contributed by atoms with van der Waals surface area (Å²) in [5, 5.41) is 11.8. The first-order valence-corrected chi connectivity index (χ1v) is 8.20. The summed E-state index contributed by atoms with van der Waals surface area (Å²) in [5.74, 6) is 0.557. The van der Waals surface area contributed by atoms with Crippen molar-refractivity contribution in [3.05, 3.63) is 66.1 Å². The van der Waals surface area contributed by atoms with E-state index in [1.807, 2.05) is 41.9 Å². The maximum absolute atomic E-state index is 12.0. The van der Waals surface area contributed by atoms with Crippen molar-refractivity contribution in [1.82, 2.24) is 14.7 Å². The van der Waals surface area contributed by atoms with Gasteiger partial charge in [0.05, 0.1) is 5.69 Å². The molecule has 0 aliphatic carbocycles. The second kappa shape index (κ2) is 7.81. The highest BCUT2D eigenvalue weighted by atomic mass is 16.5. The number of nitrogens with zero attached hydrogens (tertiary/aromatic N) is 2. The molecule has 3 rings (SSSR count). The fourth-order valence-corrected chi connectivity index (χ4v) is 2.35. The van der Waals surface area contributed by atoms with E-state index in [2.05, 4.69) is 10.3 Å². The number of hydrogen-bond donors (Lipinski definition) is 2. The van der Waals surface area contributed by atoms with Gasteiger partial charge in [0.1, 0.15) is 18.0 Å². The fraction of sp³-hybridized carbons (Fsp3) is 0.263. The van der Waals surface area contributed by atoms with Gasteiger partial charge in [-0.3, -0.25) is 4.79 Å². The third-order valence-corrected chi connectivity index (χ3v) is 3.84. The minimum atomic E-state index is -0.160. The first kappa shape index (κ1) is 17.0. The zero-order valence-electron chi connectivity index (χ0n) is 14.1. The number of carbonyl (C=O) groups is 1. The third-order valence-electron chi connectivity index (χ3n) is 3.84. The maximum atomic E-state index is 12.0. The molecule has 0 fully saturated rings. The lowest BCUT2D eigenvalue weighted by Crippen LogP contribution is -2.29. The van der Waals surface area contributed by atoms with E-state index >= 15 is 0 Å². The number of imidazole rings is 1. The van der Waals surface area contributed by atoms with E-state index in [0.29, 0.717) is 24.5 Å². The van der Waals surface area contributed by atoms with Crippen LogP contribution in [0.25, 0.3) is 5.65 Å². The van der Waals surface area contributed by atoms with Crippen molar-refractivity contribution in [3.63, 3.8) is 0 Å². The Balaban J connectivity index is 1.56. The van der Waals surface area contributed by atoms with Gasteiger partial charge in [-0.25, -0.2) is 4.98 Å². The molecule has 2 heterocycles. The molecular formula is C19H21N3O3. The monoisotopic (exact) mass is 339 g/mol. The van der Waals surface area contributed by atoms with Gasteiger partial charge in [0, 0.05) is 31.1 Å². The van der Waals surface area contributed by atoms with Crippen LogP contribution in [0.1, 0.15) is 23.0 Å². The average molecular weight is 339 g/mol. The summed E-state index contributed by atoms with van der Waals surface area (Å²) in [4.78, 5) is 16.5. The molecule has 6 nitrogen and oxygen atoms in total. The number of rotatable bonds is 7. The van der Waals surface area contributed by atoms with E-state index in [9.17, 15) is 4.79 Å². The summed E-state index contributed by atoms with van der Waals surface area (Å²) in [6, 6.07) is 12.8. The standard InChI is InChI=1S/C19H21N3O3/c1-14(12-23)10-20-19(24)15-5-7-17(8-6-15)25-13-16-11-22-9-3-2-4-18(22)21-16/h2-9,11,14,23H,10,12-13H2,1H3,(H,20,24). The second-order valence-electron chi connectivity index (χ2n) is 6.01. The summed E-state index contributed by atoms with van der Waals surface area (Å²) in [7, 11) is 0. The van der Waals surface area contributed by atoms with Crippen LogP contribution in [0.2, 0.25) is 0 Å². The van der Waals surface area contributed by atoms with E-state index in [0.717, 1.165) is 11.3 Å².